The van der Waals surface area contributed by atoms with E-state index in [1.165, 1.54) is 38.5 Å². The molecule has 0 N–H and O–H groups in total. The maximum atomic E-state index is 2.58. The van der Waals surface area contributed by atoms with E-state index < -0.39 is 0 Å². The van der Waals surface area contributed by atoms with Crippen molar-refractivity contribution >= 4 is 0 Å². The molecule has 0 amide bonds. The Labute approximate surface area is 85.1 Å². The zero-order chi connectivity index (χ0) is 10.1. The van der Waals surface area contributed by atoms with E-state index in [2.05, 4.69) is 34.1 Å². The third kappa shape index (κ3) is 7.10. The molecule has 0 heterocycles. The van der Waals surface area contributed by atoms with Gasteiger partial charge < -0.3 is 0 Å². The Balaban J connectivity index is 3.53. The fourth-order valence-electron chi connectivity index (χ4n) is 1.89. The fourth-order valence-corrected chi connectivity index (χ4v) is 1.89. The molecule has 0 fully saturated rings. The Morgan fingerprint density at radius 3 is 2.15 bits per heavy atom. The zero-order valence-corrected chi connectivity index (χ0v) is 9.97. The van der Waals surface area contributed by atoms with Crippen molar-refractivity contribution in [2.75, 3.05) is 0 Å². The van der Waals surface area contributed by atoms with Gasteiger partial charge in [-0.2, -0.15) is 0 Å². The Kier molecular flexibility index (Phi) is 8.59. The second-order valence-corrected chi connectivity index (χ2v) is 4.27. The predicted octanol–water partition coefficient (Wildman–Crippen LogP) is 4.84. The minimum absolute atomic E-state index is 0.830. The van der Waals surface area contributed by atoms with Gasteiger partial charge in [0.2, 0.25) is 0 Å². The molecule has 2 unspecified atom stereocenters. The van der Waals surface area contributed by atoms with Crippen LogP contribution in [0.3, 0.4) is 0 Å². The van der Waals surface area contributed by atoms with Gasteiger partial charge in [0.25, 0.3) is 0 Å². The second kappa shape index (κ2) is 8.59. The first kappa shape index (κ1) is 13.0. The molecule has 0 spiro atoms. The molecular formula is C13H27. The summed E-state index contributed by atoms with van der Waals surface area (Å²) in [5, 5.41) is 0. The first-order chi connectivity index (χ1) is 6.24. The van der Waals surface area contributed by atoms with Crippen molar-refractivity contribution < 1.29 is 0 Å². The summed E-state index contributed by atoms with van der Waals surface area (Å²) < 4.78 is 0. The molecule has 0 saturated carbocycles. The largest absolute Gasteiger partial charge is 0.0654 e. The molecule has 0 aromatic rings. The Bertz CT molecular complexity index is 96.2. The predicted molar refractivity (Wildman–Crippen MR) is 61.7 cm³/mol. The highest BCUT2D eigenvalue weighted by molar-refractivity contribution is 4.80. The minimum Gasteiger partial charge on any atom is -0.0654 e. The third-order valence-corrected chi connectivity index (χ3v) is 2.80. The normalized spacial score (nSPS) is 15.7. The Morgan fingerprint density at radius 1 is 1.00 bits per heavy atom. The van der Waals surface area contributed by atoms with Crippen LogP contribution in [0.15, 0.2) is 0 Å². The van der Waals surface area contributed by atoms with E-state index in [-0.39, 0.29) is 0 Å². The number of hydrogen-bond donors (Lipinski definition) is 0. The molecule has 1 radical (unpaired) electrons. The van der Waals surface area contributed by atoms with Crippen molar-refractivity contribution in [1.29, 1.82) is 0 Å². The molecule has 0 heteroatoms. The van der Waals surface area contributed by atoms with Gasteiger partial charge in [-0.25, -0.2) is 0 Å². The first-order valence-electron chi connectivity index (χ1n) is 6.09. The molecule has 2 atom stereocenters. The summed E-state index contributed by atoms with van der Waals surface area (Å²) in [7, 11) is 0. The van der Waals surface area contributed by atoms with Gasteiger partial charge in [-0.15, -0.1) is 0 Å². The van der Waals surface area contributed by atoms with Crippen molar-refractivity contribution in [2.45, 2.75) is 66.2 Å². The molecule has 0 aliphatic rings. The van der Waals surface area contributed by atoms with Crippen molar-refractivity contribution in [3.63, 3.8) is 0 Å². The van der Waals surface area contributed by atoms with Crippen LogP contribution in [0.5, 0.6) is 0 Å². The summed E-state index contributed by atoms with van der Waals surface area (Å²) in [6.45, 7) is 9.24. The average Bonchev–Trinajstić information content (AvgIpc) is 2.14. The number of unbranched alkanes of at least 4 members (excludes halogenated alkanes) is 1. The van der Waals surface area contributed by atoms with Crippen molar-refractivity contribution in [1.82, 2.24) is 0 Å². The highest BCUT2D eigenvalue weighted by atomic mass is 14.2. The lowest BCUT2D eigenvalue weighted by molar-refractivity contribution is 0.441. The van der Waals surface area contributed by atoms with E-state index in [0.717, 1.165) is 11.8 Å². The summed E-state index contributed by atoms with van der Waals surface area (Å²) in [6.07, 6.45) is 10.7. The van der Waals surface area contributed by atoms with Crippen molar-refractivity contribution in [2.24, 2.45) is 11.8 Å². The highest BCUT2D eigenvalue weighted by Crippen LogP contribution is 2.22. The molecule has 0 saturated heterocycles. The van der Waals surface area contributed by atoms with Gasteiger partial charge >= 0.3 is 0 Å². The SMILES string of the molecule is CCCCC(C)[CH]C(CC)CCC. The van der Waals surface area contributed by atoms with E-state index in [1.54, 1.807) is 0 Å². The summed E-state index contributed by atoms with van der Waals surface area (Å²) >= 11 is 0. The van der Waals surface area contributed by atoms with Crippen molar-refractivity contribution in [3.8, 4) is 0 Å². The van der Waals surface area contributed by atoms with E-state index in [9.17, 15) is 0 Å². The van der Waals surface area contributed by atoms with Gasteiger partial charge in [0.15, 0.2) is 0 Å². The van der Waals surface area contributed by atoms with Crippen LogP contribution < -0.4 is 0 Å². The van der Waals surface area contributed by atoms with Gasteiger partial charge in [-0.05, 0) is 18.3 Å². The topological polar surface area (TPSA) is 0 Å². The van der Waals surface area contributed by atoms with Gasteiger partial charge in [-0.3, -0.25) is 0 Å². The van der Waals surface area contributed by atoms with Crippen LogP contribution in [-0.2, 0) is 0 Å². The van der Waals surface area contributed by atoms with Crippen LogP contribution in [0.4, 0.5) is 0 Å². The van der Waals surface area contributed by atoms with E-state index in [0.29, 0.717) is 0 Å². The summed E-state index contributed by atoms with van der Waals surface area (Å²) in [5.41, 5.74) is 0. The van der Waals surface area contributed by atoms with Crippen LogP contribution in [0.2, 0.25) is 0 Å². The molecule has 0 nitrogen and oxygen atoms in total. The molecule has 0 rings (SSSR count). The van der Waals surface area contributed by atoms with Crippen molar-refractivity contribution in [3.05, 3.63) is 6.42 Å². The van der Waals surface area contributed by atoms with E-state index in [4.69, 9.17) is 0 Å². The van der Waals surface area contributed by atoms with Crippen LogP contribution in [-0.4, -0.2) is 0 Å². The highest BCUT2D eigenvalue weighted by Gasteiger charge is 2.10. The molecule has 0 aromatic heterocycles. The third-order valence-electron chi connectivity index (χ3n) is 2.80. The molecule has 0 bridgehead atoms. The summed E-state index contributed by atoms with van der Waals surface area (Å²) in [5.74, 6) is 1.70. The molecule has 13 heavy (non-hydrogen) atoms. The maximum absolute atomic E-state index is 2.58. The average molecular weight is 183 g/mol. The fraction of sp³-hybridized carbons (Fsp3) is 0.923. The molecule has 0 aliphatic carbocycles. The quantitative estimate of drug-likeness (QED) is 0.505. The molecule has 0 aliphatic heterocycles. The zero-order valence-electron chi connectivity index (χ0n) is 9.97. The standard InChI is InChI=1S/C13H27/c1-5-8-10-12(4)11-13(7-3)9-6-2/h11-13H,5-10H2,1-4H3. The lowest BCUT2D eigenvalue weighted by Crippen LogP contribution is -2.06. The van der Waals surface area contributed by atoms with Gasteiger partial charge in [0, 0.05) is 0 Å². The van der Waals surface area contributed by atoms with E-state index >= 15 is 0 Å². The van der Waals surface area contributed by atoms with Gasteiger partial charge in [-0.1, -0.05) is 66.2 Å². The smallest absolute Gasteiger partial charge is 0.0327 e. The Hall–Kier alpha value is 0. The first-order valence-corrected chi connectivity index (χ1v) is 6.09. The lowest BCUT2D eigenvalue weighted by atomic mass is 9.88. The minimum atomic E-state index is 0.830. The number of rotatable bonds is 8. The lowest BCUT2D eigenvalue weighted by Gasteiger charge is -2.18. The second-order valence-electron chi connectivity index (χ2n) is 4.27. The summed E-state index contributed by atoms with van der Waals surface area (Å²) in [4.78, 5) is 0. The molecular weight excluding hydrogens is 156 g/mol. The Morgan fingerprint density at radius 2 is 1.69 bits per heavy atom. The maximum Gasteiger partial charge on any atom is -0.0327 e. The van der Waals surface area contributed by atoms with Crippen LogP contribution >= 0.6 is 0 Å². The summed E-state index contributed by atoms with van der Waals surface area (Å²) in [6, 6.07) is 0. The van der Waals surface area contributed by atoms with Gasteiger partial charge in [0.1, 0.15) is 0 Å². The molecule has 0 aromatic carbocycles. The number of hydrogen-bond acceptors (Lipinski definition) is 0. The molecule has 79 valence electrons. The van der Waals surface area contributed by atoms with Crippen LogP contribution in [0.25, 0.3) is 0 Å². The van der Waals surface area contributed by atoms with Crippen LogP contribution in [0, 0.1) is 18.3 Å². The van der Waals surface area contributed by atoms with E-state index in [1.807, 2.05) is 0 Å². The van der Waals surface area contributed by atoms with Crippen LogP contribution in [0.1, 0.15) is 66.2 Å². The monoisotopic (exact) mass is 183 g/mol. The van der Waals surface area contributed by atoms with Gasteiger partial charge in [0.05, 0.1) is 0 Å².